The molecule has 3 N–H and O–H groups in total. The largest absolute Gasteiger partial charge is 0.383 e. The van der Waals surface area contributed by atoms with Crippen LogP contribution in [0.2, 0.25) is 0 Å². The first kappa shape index (κ1) is 15.0. The van der Waals surface area contributed by atoms with Crippen molar-refractivity contribution in [2.45, 2.75) is 58.5 Å². The van der Waals surface area contributed by atoms with Crippen molar-refractivity contribution >= 4 is 11.6 Å². The molecular formula is C15H27N5. The zero-order valence-corrected chi connectivity index (χ0v) is 13.1. The van der Waals surface area contributed by atoms with Crippen molar-refractivity contribution in [3.05, 3.63) is 11.4 Å². The Morgan fingerprint density at radius 1 is 1.40 bits per heavy atom. The quantitative estimate of drug-likeness (QED) is 0.883. The first-order valence-corrected chi connectivity index (χ1v) is 7.61. The third-order valence-corrected chi connectivity index (χ3v) is 4.25. The van der Waals surface area contributed by atoms with E-state index < -0.39 is 0 Å². The minimum Gasteiger partial charge on any atom is -0.383 e. The summed E-state index contributed by atoms with van der Waals surface area (Å²) in [7, 11) is 2.19. The second-order valence-electron chi connectivity index (χ2n) is 5.94. The lowest BCUT2D eigenvalue weighted by atomic mass is 9.99. The summed E-state index contributed by atoms with van der Waals surface area (Å²) in [6.07, 6.45) is 4.20. The predicted octanol–water partition coefficient (Wildman–Crippen LogP) is 2.21. The lowest BCUT2D eigenvalue weighted by molar-refractivity contribution is 0.190. The van der Waals surface area contributed by atoms with Gasteiger partial charge in [-0.05, 0) is 40.2 Å². The zero-order chi connectivity index (χ0) is 14.7. The van der Waals surface area contributed by atoms with Gasteiger partial charge in [-0.1, -0.05) is 6.92 Å². The number of hydrogen-bond donors (Lipinski definition) is 2. The Morgan fingerprint density at radius 2 is 2.15 bits per heavy atom. The predicted molar refractivity (Wildman–Crippen MR) is 83.9 cm³/mol. The van der Waals surface area contributed by atoms with Crippen molar-refractivity contribution < 1.29 is 0 Å². The molecule has 5 heteroatoms. The summed E-state index contributed by atoms with van der Waals surface area (Å²) in [5, 5.41) is 3.58. The van der Waals surface area contributed by atoms with Crippen molar-refractivity contribution in [2.75, 3.05) is 24.6 Å². The Labute approximate surface area is 122 Å². The van der Waals surface area contributed by atoms with E-state index in [1.165, 1.54) is 0 Å². The second kappa shape index (κ2) is 6.39. The van der Waals surface area contributed by atoms with Crippen LogP contribution in [0, 0.1) is 6.92 Å². The maximum absolute atomic E-state index is 6.01. The van der Waals surface area contributed by atoms with Crippen LogP contribution in [0.25, 0.3) is 0 Å². The summed E-state index contributed by atoms with van der Waals surface area (Å²) in [4.78, 5) is 11.4. The highest BCUT2D eigenvalue weighted by Gasteiger charge is 2.23. The third kappa shape index (κ3) is 3.39. The van der Waals surface area contributed by atoms with Crippen LogP contribution in [0.5, 0.6) is 0 Å². The number of nitrogens with zero attached hydrogens (tertiary/aromatic N) is 3. The smallest absolute Gasteiger partial charge is 0.134 e. The maximum Gasteiger partial charge on any atom is 0.134 e. The van der Waals surface area contributed by atoms with Crippen LogP contribution in [0.1, 0.15) is 44.5 Å². The SMILES string of the molecule is CCCc1nc(N)c(C)c(NC2CCN(C)C(C)C2)n1. The van der Waals surface area contributed by atoms with Gasteiger partial charge in [-0.2, -0.15) is 0 Å². The van der Waals surface area contributed by atoms with Crippen LogP contribution in [0.15, 0.2) is 0 Å². The molecule has 1 aromatic heterocycles. The maximum atomic E-state index is 6.01. The molecule has 0 aliphatic carbocycles. The highest BCUT2D eigenvalue weighted by Crippen LogP contribution is 2.23. The van der Waals surface area contributed by atoms with E-state index in [2.05, 4.69) is 41.1 Å². The summed E-state index contributed by atoms with van der Waals surface area (Å²) in [6, 6.07) is 1.08. The Hall–Kier alpha value is -1.36. The summed E-state index contributed by atoms with van der Waals surface area (Å²) in [5.74, 6) is 2.37. The molecule has 0 bridgehead atoms. The van der Waals surface area contributed by atoms with E-state index >= 15 is 0 Å². The Morgan fingerprint density at radius 3 is 2.80 bits per heavy atom. The number of aryl methyl sites for hydroxylation is 1. The molecule has 2 heterocycles. The lowest BCUT2D eigenvalue weighted by Crippen LogP contribution is -2.42. The molecule has 112 valence electrons. The fraction of sp³-hybridized carbons (Fsp3) is 0.733. The average Bonchev–Trinajstić information content (AvgIpc) is 2.40. The molecule has 2 atom stereocenters. The molecule has 5 nitrogen and oxygen atoms in total. The number of aromatic nitrogens is 2. The van der Waals surface area contributed by atoms with Gasteiger partial charge in [0, 0.05) is 30.6 Å². The van der Waals surface area contributed by atoms with E-state index in [4.69, 9.17) is 5.73 Å². The molecule has 0 saturated carbocycles. The first-order valence-electron chi connectivity index (χ1n) is 7.61. The standard InChI is InChI=1S/C15H27N5/c1-5-6-13-18-14(16)11(3)15(19-13)17-12-7-8-20(4)10(2)9-12/h10,12H,5-9H2,1-4H3,(H3,16,17,18,19). The van der Waals surface area contributed by atoms with E-state index in [1.807, 2.05) is 6.92 Å². The third-order valence-electron chi connectivity index (χ3n) is 4.25. The topological polar surface area (TPSA) is 67.1 Å². The average molecular weight is 277 g/mol. The van der Waals surface area contributed by atoms with E-state index in [-0.39, 0.29) is 0 Å². The Bertz CT molecular complexity index is 460. The fourth-order valence-corrected chi connectivity index (χ4v) is 2.67. The monoisotopic (exact) mass is 277 g/mol. The van der Waals surface area contributed by atoms with Gasteiger partial charge in [0.2, 0.25) is 0 Å². The van der Waals surface area contributed by atoms with Crippen molar-refractivity contribution in [2.24, 2.45) is 0 Å². The normalized spacial score (nSPS) is 23.8. The van der Waals surface area contributed by atoms with Crippen LogP contribution in [0.4, 0.5) is 11.6 Å². The Kier molecular flexibility index (Phi) is 4.81. The van der Waals surface area contributed by atoms with Crippen molar-refractivity contribution in [3.63, 3.8) is 0 Å². The second-order valence-corrected chi connectivity index (χ2v) is 5.94. The molecule has 1 aliphatic heterocycles. The van der Waals surface area contributed by atoms with E-state index in [9.17, 15) is 0 Å². The van der Waals surface area contributed by atoms with Crippen LogP contribution >= 0.6 is 0 Å². The number of anilines is 2. The van der Waals surface area contributed by atoms with Crippen LogP contribution in [0.3, 0.4) is 0 Å². The molecule has 1 aromatic rings. The van der Waals surface area contributed by atoms with Gasteiger partial charge >= 0.3 is 0 Å². The molecule has 2 rings (SSSR count). The van der Waals surface area contributed by atoms with E-state index in [1.54, 1.807) is 0 Å². The fourth-order valence-electron chi connectivity index (χ4n) is 2.67. The molecule has 0 amide bonds. The van der Waals surface area contributed by atoms with Crippen LogP contribution in [-0.2, 0) is 6.42 Å². The lowest BCUT2D eigenvalue weighted by Gasteiger charge is -2.35. The molecular weight excluding hydrogens is 250 g/mol. The molecule has 0 spiro atoms. The van der Waals surface area contributed by atoms with Crippen molar-refractivity contribution in [1.82, 2.24) is 14.9 Å². The molecule has 1 aliphatic rings. The molecule has 1 saturated heterocycles. The van der Waals surface area contributed by atoms with Gasteiger partial charge in [-0.25, -0.2) is 9.97 Å². The summed E-state index contributed by atoms with van der Waals surface area (Å²) < 4.78 is 0. The minimum atomic E-state index is 0.476. The molecule has 20 heavy (non-hydrogen) atoms. The van der Waals surface area contributed by atoms with Crippen molar-refractivity contribution in [3.8, 4) is 0 Å². The molecule has 1 fully saturated rings. The number of hydrogen-bond acceptors (Lipinski definition) is 5. The number of nitrogens with one attached hydrogen (secondary N) is 1. The van der Waals surface area contributed by atoms with Gasteiger partial charge in [0.25, 0.3) is 0 Å². The van der Waals surface area contributed by atoms with Gasteiger partial charge in [-0.15, -0.1) is 0 Å². The number of nitrogens with two attached hydrogens (primary N) is 1. The first-order chi connectivity index (χ1) is 9.51. The van der Waals surface area contributed by atoms with Crippen molar-refractivity contribution in [1.29, 1.82) is 0 Å². The van der Waals surface area contributed by atoms with Gasteiger partial charge in [-0.3, -0.25) is 0 Å². The highest BCUT2D eigenvalue weighted by molar-refractivity contribution is 5.55. The zero-order valence-electron chi connectivity index (χ0n) is 13.1. The summed E-state index contributed by atoms with van der Waals surface area (Å²) in [5.41, 5.74) is 6.98. The summed E-state index contributed by atoms with van der Waals surface area (Å²) in [6.45, 7) is 7.52. The molecule has 0 radical (unpaired) electrons. The van der Waals surface area contributed by atoms with Gasteiger partial charge in [0.15, 0.2) is 0 Å². The minimum absolute atomic E-state index is 0.476. The summed E-state index contributed by atoms with van der Waals surface area (Å²) >= 11 is 0. The highest BCUT2D eigenvalue weighted by atomic mass is 15.2. The van der Waals surface area contributed by atoms with Gasteiger partial charge in [0.1, 0.15) is 17.5 Å². The van der Waals surface area contributed by atoms with E-state index in [0.29, 0.717) is 17.9 Å². The number of likely N-dealkylation sites (tertiary alicyclic amines) is 1. The number of rotatable bonds is 4. The van der Waals surface area contributed by atoms with Crippen LogP contribution in [-0.4, -0.2) is 40.5 Å². The van der Waals surface area contributed by atoms with Gasteiger partial charge < -0.3 is 16.0 Å². The number of nitrogen functional groups attached to an aromatic ring is 1. The molecule has 0 aromatic carbocycles. The Balaban J connectivity index is 2.12. The van der Waals surface area contributed by atoms with E-state index in [0.717, 1.165) is 49.4 Å². The number of piperidine rings is 1. The van der Waals surface area contributed by atoms with Gasteiger partial charge in [0.05, 0.1) is 0 Å². The molecule has 2 unspecified atom stereocenters. The van der Waals surface area contributed by atoms with Crippen LogP contribution < -0.4 is 11.1 Å².